The van der Waals surface area contributed by atoms with E-state index in [-0.39, 0.29) is 29.6 Å². The molecule has 1 aliphatic carbocycles. The highest BCUT2D eigenvalue weighted by molar-refractivity contribution is 5.74. The number of carbonyl (C=O) groups is 1. The summed E-state index contributed by atoms with van der Waals surface area (Å²) in [6.07, 6.45) is 0.812. The molecule has 4 aliphatic heterocycles. The lowest BCUT2D eigenvalue weighted by molar-refractivity contribution is -0.560. The van der Waals surface area contributed by atoms with Gasteiger partial charge in [-0.25, -0.2) is 9.78 Å². The molecule has 8 atom stereocenters. The van der Waals surface area contributed by atoms with Crippen molar-refractivity contribution in [3.8, 4) is 0 Å². The third kappa shape index (κ3) is 1.64. The molecule has 1 N–H and O–H groups in total. The summed E-state index contributed by atoms with van der Waals surface area (Å²) in [7, 11) is 0. The highest BCUT2D eigenvalue weighted by Gasteiger charge is 2.71. The fraction of sp³-hybridized carbons (Fsp3) is 0.933. The van der Waals surface area contributed by atoms with Crippen molar-refractivity contribution < 1.29 is 29.1 Å². The summed E-state index contributed by atoms with van der Waals surface area (Å²) in [6, 6.07) is 0. The Morgan fingerprint density at radius 1 is 1.24 bits per heavy atom. The molecule has 0 aromatic carbocycles. The third-order valence-corrected chi connectivity index (χ3v) is 6.09. The molecular formula is C15H22O6. The first kappa shape index (κ1) is 13.9. The van der Waals surface area contributed by atoms with Gasteiger partial charge in [0.2, 0.25) is 12.1 Å². The van der Waals surface area contributed by atoms with E-state index in [4.69, 9.17) is 19.2 Å². The van der Waals surface area contributed by atoms with Crippen LogP contribution in [0.1, 0.15) is 40.0 Å². The van der Waals surface area contributed by atoms with Crippen LogP contribution in [0.25, 0.3) is 0 Å². The number of fused-ring (bicyclic) bond motifs is 2. The van der Waals surface area contributed by atoms with Gasteiger partial charge >= 0.3 is 5.97 Å². The molecule has 6 heteroatoms. The smallest absolute Gasteiger partial charge is 0.311 e. The Kier molecular flexibility index (Phi) is 2.78. The van der Waals surface area contributed by atoms with Crippen molar-refractivity contribution in [2.24, 2.45) is 23.7 Å². The van der Waals surface area contributed by atoms with Crippen LogP contribution >= 0.6 is 0 Å². The van der Waals surface area contributed by atoms with Crippen LogP contribution in [0, 0.1) is 23.7 Å². The summed E-state index contributed by atoms with van der Waals surface area (Å²) >= 11 is 0. The normalized spacial score (nSPS) is 59.1. The predicted molar refractivity (Wildman–Crippen MR) is 69.4 cm³/mol. The largest absolute Gasteiger partial charge is 0.432 e. The first-order valence-electron chi connectivity index (χ1n) is 7.80. The molecule has 0 unspecified atom stereocenters. The zero-order valence-electron chi connectivity index (χ0n) is 12.6. The molecule has 0 radical (unpaired) electrons. The average Bonchev–Trinajstić information content (AvgIpc) is 2.66. The van der Waals surface area contributed by atoms with Crippen molar-refractivity contribution in [2.45, 2.75) is 63.8 Å². The van der Waals surface area contributed by atoms with E-state index in [1.165, 1.54) is 0 Å². The number of rotatable bonds is 0. The molecule has 1 spiro atoms. The number of carbonyl (C=O) groups excluding carboxylic acids is 1. The van der Waals surface area contributed by atoms with Crippen molar-refractivity contribution in [3.63, 3.8) is 0 Å². The molecule has 0 aromatic heterocycles. The van der Waals surface area contributed by atoms with Crippen LogP contribution in [-0.4, -0.2) is 34.9 Å². The molecule has 2 bridgehead atoms. The van der Waals surface area contributed by atoms with E-state index in [1.807, 2.05) is 13.8 Å². The molecule has 1 saturated carbocycles. The average molecular weight is 298 g/mol. The van der Waals surface area contributed by atoms with Crippen LogP contribution in [0.2, 0.25) is 0 Å². The molecule has 5 aliphatic rings. The first-order valence-corrected chi connectivity index (χ1v) is 7.80. The molecule has 5 rings (SSSR count). The minimum Gasteiger partial charge on any atom is -0.432 e. The maximum atomic E-state index is 12.1. The maximum Gasteiger partial charge on any atom is 0.311 e. The topological polar surface area (TPSA) is 74.2 Å². The summed E-state index contributed by atoms with van der Waals surface area (Å²) in [5.41, 5.74) is -0.790. The lowest BCUT2D eigenvalue weighted by atomic mass is 9.57. The fourth-order valence-electron chi connectivity index (χ4n) is 4.72. The monoisotopic (exact) mass is 298 g/mol. The van der Waals surface area contributed by atoms with Crippen LogP contribution in [0.4, 0.5) is 0 Å². The van der Waals surface area contributed by atoms with E-state index in [0.29, 0.717) is 12.8 Å². The van der Waals surface area contributed by atoms with Crippen LogP contribution in [0.3, 0.4) is 0 Å². The second-order valence-electron chi connectivity index (χ2n) is 7.24. The van der Waals surface area contributed by atoms with E-state index in [2.05, 4.69) is 0 Å². The molecule has 6 nitrogen and oxygen atoms in total. The predicted octanol–water partition coefficient (Wildman–Crippen LogP) is 1.37. The van der Waals surface area contributed by atoms with Gasteiger partial charge in [-0.3, -0.25) is 4.79 Å². The molecule has 118 valence electrons. The number of aliphatic hydroxyl groups excluding tert-OH is 1. The van der Waals surface area contributed by atoms with E-state index in [0.717, 1.165) is 6.42 Å². The van der Waals surface area contributed by atoms with Crippen molar-refractivity contribution >= 4 is 5.97 Å². The van der Waals surface area contributed by atoms with E-state index in [9.17, 15) is 9.90 Å². The zero-order chi connectivity index (χ0) is 15.0. The van der Waals surface area contributed by atoms with Crippen molar-refractivity contribution in [2.75, 3.05) is 0 Å². The Labute approximate surface area is 123 Å². The minimum absolute atomic E-state index is 0.0520. The highest BCUT2D eigenvalue weighted by atomic mass is 17.3. The van der Waals surface area contributed by atoms with E-state index >= 15 is 0 Å². The zero-order valence-corrected chi connectivity index (χ0v) is 12.6. The van der Waals surface area contributed by atoms with E-state index in [1.54, 1.807) is 6.92 Å². The Morgan fingerprint density at radius 3 is 2.76 bits per heavy atom. The van der Waals surface area contributed by atoms with Gasteiger partial charge in [-0.2, -0.15) is 0 Å². The van der Waals surface area contributed by atoms with Crippen LogP contribution < -0.4 is 0 Å². The van der Waals surface area contributed by atoms with Gasteiger partial charge in [0, 0.05) is 18.3 Å². The Morgan fingerprint density at radius 2 is 2.00 bits per heavy atom. The SMILES string of the molecule is C[C@@H]1[C@@H](O)C[C@H]2[C@H](C)C(=O)O[C@@H]3O[C@]4(C)CC[C@@H]1[C@]32OO4. The van der Waals surface area contributed by atoms with Crippen LogP contribution in [0.15, 0.2) is 0 Å². The quantitative estimate of drug-likeness (QED) is 0.538. The Bertz CT molecular complexity index is 477. The van der Waals surface area contributed by atoms with Gasteiger partial charge in [-0.05, 0) is 25.7 Å². The van der Waals surface area contributed by atoms with Crippen LogP contribution in [-0.2, 0) is 24.0 Å². The van der Waals surface area contributed by atoms with E-state index < -0.39 is 23.8 Å². The fourth-order valence-corrected chi connectivity index (χ4v) is 4.72. The lowest BCUT2D eigenvalue weighted by Crippen LogP contribution is -2.71. The Balaban J connectivity index is 1.85. The van der Waals surface area contributed by atoms with Gasteiger partial charge in [-0.1, -0.05) is 13.8 Å². The number of aliphatic hydroxyl groups is 1. The molecule has 4 heterocycles. The van der Waals surface area contributed by atoms with Gasteiger partial charge in [0.05, 0.1) is 12.0 Å². The number of esters is 1. The standard InChI is InChI=1S/C15H22O6/c1-7-9-4-5-14(3)19-13-15(9,21-20-14)10(6-11(7)16)8(2)12(17)18-13/h7-11,13,16H,4-6H2,1-3H3/t7-,8-,9-,10-,11-,13+,14-,15+/m0/s1. The first-order chi connectivity index (χ1) is 9.87. The minimum atomic E-state index is -0.886. The second kappa shape index (κ2) is 4.19. The molecule has 5 fully saturated rings. The number of ether oxygens (including phenoxy) is 2. The molecular weight excluding hydrogens is 276 g/mol. The third-order valence-electron chi connectivity index (χ3n) is 6.09. The molecule has 0 aromatic rings. The van der Waals surface area contributed by atoms with Gasteiger partial charge in [-0.15, -0.1) is 0 Å². The van der Waals surface area contributed by atoms with Gasteiger partial charge in [0.25, 0.3) is 0 Å². The summed E-state index contributed by atoms with van der Waals surface area (Å²) in [5, 5.41) is 10.4. The number of hydrogen-bond donors (Lipinski definition) is 1. The summed E-state index contributed by atoms with van der Waals surface area (Å²) in [5.74, 6) is -1.54. The summed E-state index contributed by atoms with van der Waals surface area (Å²) in [4.78, 5) is 23.6. The van der Waals surface area contributed by atoms with Crippen molar-refractivity contribution in [3.05, 3.63) is 0 Å². The highest BCUT2D eigenvalue weighted by Crippen LogP contribution is 2.59. The molecule has 21 heavy (non-hydrogen) atoms. The van der Waals surface area contributed by atoms with Gasteiger partial charge in [0.1, 0.15) is 0 Å². The Hall–Kier alpha value is -0.690. The van der Waals surface area contributed by atoms with Crippen LogP contribution in [0.5, 0.6) is 0 Å². The lowest BCUT2D eigenvalue weighted by Gasteiger charge is -2.58. The second-order valence-corrected chi connectivity index (χ2v) is 7.24. The maximum absolute atomic E-state index is 12.1. The number of hydrogen-bond acceptors (Lipinski definition) is 6. The van der Waals surface area contributed by atoms with Crippen molar-refractivity contribution in [1.29, 1.82) is 0 Å². The van der Waals surface area contributed by atoms with Gasteiger partial charge < -0.3 is 14.6 Å². The summed E-state index contributed by atoms with van der Waals surface area (Å²) < 4.78 is 11.5. The molecule has 4 saturated heterocycles. The summed E-state index contributed by atoms with van der Waals surface area (Å²) in [6.45, 7) is 5.67. The molecule has 0 amide bonds. The van der Waals surface area contributed by atoms with Crippen molar-refractivity contribution in [1.82, 2.24) is 0 Å². The van der Waals surface area contributed by atoms with Gasteiger partial charge in [0.15, 0.2) is 5.60 Å².